The lowest BCUT2D eigenvalue weighted by molar-refractivity contribution is -0.123. The van der Waals surface area contributed by atoms with E-state index in [0.717, 1.165) is 24.0 Å². The van der Waals surface area contributed by atoms with Gasteiger partial charge in [-0.3, -0.25) is 4.79 Å². The minimum Gasteiger partial charge on any atom is -0.351 e. The summed E-state index contributed by atoms with van der Waals surface area (Å²) in [6.45, 7) is 4.56. The van der Waals surface area contributed by atoms with Crippen molar-refractivity contribution in [2.75, 3.05) is 0 Å². The van der Waals surface area contributed by atoms with Crippen LogP contribution in [0.5, 0.6) is 0 Å². The van der Waals surface area contributed by atoms with Gasteiger partial charge in [0.2, 0.25) is 5.91 Å². The van der Waals surface area contributed by atoms with Crippen LogP contribution in [0.2, 0.25) is 0 Å². The number of pyridine rings is 1. The van der Waals surface area contributed by atoms with Gasteiger partial charge in [-0.05, 0) is 38.3 Å². The lowest BCUT2D eigenvalue weighted by atomic mass is 9.92. The Bertz CT molecular complexity index is 924. The zero-order chi connectivity index (χ0) is 18.1. The Balaban J connectivity index is 1.53. The molecule has 0 saturated heterocycles. The van der Waals surface area contributed by atoms with Gasteiger partial charge in [0.25, 0.3) is 0 Å². The normalized spacial score (nSPS) is 14.8. The fraction of sp³-hybridized carbons (Fsp3) is 0.300. The first-order valence-corrected chi connectivity index (χ1v) is 8.74. The number of benzene rings is 1. The van der Waals surface area contributed by atoms with E-state index in [2.05, 4.69) is 52.4 Å². The average Bonchev–Trinajstić information content (AvgIpc) is 3.27. The molecule has 0 bridgehead atoms. The summed E-state index contributed by atoms with van der Waals surface area (Å²) in [6.07, 6.45) is 6.57. The smallest absolute Gasteiger partial charge is 0.230 e. The monoisotopic (exact) mass is 347 g/mol. The maximum atomic E-state index is 13.0. The molecule has 1 aliphatic carbocycles. The number of hydrogen-bond donors (Lipinski definition) is 1. The summed E-state index contributed by atoms with van der Waals surface area (Å²) in [5.41, 5.74) is 4.03. The molecule has 26 heavy (non-hydrogen) atoms. The van der Waals surface area contributed by atoms with Crippen molar-refractivity contribution in [3.05, 3.63) is 71.4 Å². The Labute approximate surface area is 152 Å². The molecule has 1 fully saturated rings. The van der Waals surface area contributed by atoms with E-state index in [-0.39, 0.29) is 11.3 Å². The van der Waals surface area contributed by atoms with Crippen LogP contribution in [0.3, 0.4) is 0 Å². The van der Waals surface area contributed by atoms with E-state index < -0.39 is 0 Å². The Morgan fingerprint density at radius 3 is 2.65 bits per heavy atom. The van der Waals surface area contributed by atoms with Crippen molar-refractivity contribution in [1.82, 2.24) is 25.1 Å². The summed E-state index contributed by atoms with van der Waals surface area (Å²) in [7, 11) is 0. The van der Waals surface area contributed by atoms with Gasteiger partial charge in [0, 0.05) is 18.3 Å². The van der Waals surface area contributed by atoms with Crippen molar-refractivity contribution in [2.45, 2.75) is 38.6 Å². The molecule has 132 valence electrons. The average molecular weight is 347 g/mol. The van der Waals surface area contributed by atoms with Crippen molar-refractivity contribution in [1.29, 1.82) is 0 Å². The number of carbonyl (C=O) groups is 1. The minimum atomic E-state index is -0.383. The number of nitrogens with one attached hydrogen (secondary N) is 1. The molecule has 0 unspecified atom stereocenters. The summed E-state index contributed by atoms with van der Waals surface area (Å²) in [6, 6.07) is 10.2. The molecule has 3 aromatic rings. The quantitative estimate of drug-likeness (QED) is 0.770. The number of nitrogens with zero attached hydrogens (tertiary/aromatic N) is 4. The van der Waals surface area contributed by atoms with Crippen molar-refractivity contribution >= 4 is 5.91 Å². The van der Waals surface area contributed by atoms with Gasteiger partial charge in [0.05, 0.1) is 5.41 Å². The Kier molecular flexibility index (Phi) is 4.03. The number of amides is 1. The van der Waals surface area contributed by atoms with Crippen LogP contribution in [0.4, 0.5) is 0 Å². The van der Waals surface area contributed by atoms with Crippen LogP contribution in [0.25, 0.3) is 5.82 Å². The van der Waals surface area contributed by atoms with E-state index in [4.69, 9.17) is 0 Å². The summed E-state index contributed by atoms with van der Waals surface area (Å²) >= 11 is 0. The molecule has 1 aliphatic rings. The van der Waals surface area contributed by atoms with Crippen LogP contribution in [0, 0.1) is 13.8 Å². The highest BCUT2D eigenvalue weighted by molar-refractivity contribution is 5.91. The van der Waals surface area contributed by atoms with Gasteiger partial charge in [-0.2, -0.15) is 5.10 Å². The third kappa shape index (κ3) is 2.98. The van der Waals surface area contributed by atoms with E-state index in [1.54, 1.807) is 17.2 Å². The first-order valence-electron chi connectivity index (χ1n) is 8.74. The van der Waals surface area contributed by atoms with Crippen LogP contribution in [-0.4, -0.2) is 25.7 Å². The van der Waals surface area contributed by atoms with Gasteiger partial charge in [0.1, 0.15) is 12.7 Å². The third-order valence-corrected chi connectivity index (χ3v) is 4.90. The van der Waals surface area contributed by atoms with Gasteiger partial charge in [0.15, 0.2) is 5.82 Å². The number of aryl methyl sites for hydroxylation is 2. The molecule has 6 heteroatoms. The topological polar surface area (TPSA) is 72.7 Å². The molecule has 0 radical (unpaired) electrons. The molecular formula is C20H21N5O. The number of rotatable bonds is 5. The predicted octanol–water partition coefficient (Wildman–Crippen LogP) is 2.63. The number of aromatic nitrogens is 4. The van der Waals surface area contributed by atoms with E-state index in [1.807, 2.05) is 12.1 Å². The van der Waals surface area contributed by atoms with Crippen LogP contribution >= 0.6 is 0 Å². The standard InChI is InChI=1S/C20H21N5O/c1-14-8-15(2)10-17(9-14)20(5-6-20)19(26)23-11-16-4-3-7-22-18(16)25-13-21-12-24-25/h3-4,7-10,12-13H,5-6,11H2,1-2H3,(H,23,26). The lowest BCUT2D eigenvalue weighted by Crippen LogP contribution is -2.34. The van der Waals surface area contributed by atoms with Crippen molar-refractivity contribution in [3.63, 3.8) is 0 Å². The fourth-order valence-corrected chi connectivity index (χ4v) is 3.46. The first-order chi connectivity index (χ1) is 12.6. The second-order valence-electron chi connectivity index (χ2n) is 6.97. The van der Waals surface area contributed by atoms with Gasteiger partial charge >= 0.3 is 0 Å². The lowest BCUT2D eigenvalue weighted by Gasteiger charge is -2.18. The zero-order valence-electron chi connectivity index (χ0n) is 14.9. The molecule has 2 aromatic heterocycles. The van der Waals surface area contributed by atoms with Crippen LogP contribution < -0.4 is 5.32 Å². The van der Waals surface area contributed by atoms with Gasteiger partial charge in [-0.15, -0.1) is 0 Å². The number of hydrogen-bond acceptors (Lipinski definition) is 4. The molecule has 2 heterocycles. The maximum absolute atomic E-state index is 13.0. The van der Waals surface area contributed by atoms with Gasteiger partial charge in [-0.25, -0.2) is 14.6 Å². The Hall–Kier alpha value is -3.02. The maximum Gasteiger partial charge on any atom is 0.230 e. The van der Waals surface area contributed by atoms with Crippen LogP contribution in [0.15, 0.2) is 49.2 Å². The van der Waals surface area contributed by atoms with Crippen LogP contribution in [0.1, 0.15) is 35.1 Å². The van der Waals surface area contributed by atoms with Crippen molar-refractivity contribution in [3.8, 4) is 5.82 Å². The molecule has 1 aromatic carbocycles. The molecule has 1 N–H and O–H groups in total. The zero-order valence-corrected chi connectivity index (χ0v) is 14.9. The molecule has 4 rings (SSSR count). The minimum absolute atomic E-state index is 0.0795. The summed E-state index contributed by atoms with van der Waals surface area (Å²) < 4.78 is 1.61. The molecule has 0 atom stereocenters. The molecular weight excluding hydrogens is 326 g/mol. The summed E-state index contributed by atoms with van der Waals surface area (Å²) in [5, 5.41) is 7.23. The highest BCUT2D eigenvalue weighted by Crippen LogP contribution is 2.48. The largest absolute Gasteiger partial charge is 0.351 e. The molecule has 6 nitrogen and oxygen atoms in total. The van der Waals surface area contributed by atoms with Gasteiger partial charge in [-0.1, -0.05) is 35.4 Å². The fourth-order valence-electron chi connectivity index (χ4n) is 3.46. The highest BCUT2D eigenvalue weighted by Gasteiger charge is 2.51. The predicted molar refractivity (Wildman–Crippen MR) is 97.8 cm³/mol. The summed E-state index contributed by atoms with van der Waals surface area (Å²) in [4.78, 5) is 21.3. The third-order valence-electron chi connectivity index (χ3n) is 4.90. The molecule has 0 aliphatic heterocycles. The molecule has 1 amide bonds. The summed E-state index contributed by atoms with van der Waals surface area (Å²) in [5.74, 6) is 0.762. The van der Waals surface area contributed by atoms with Gasteiger partial charge < -0.3 is 5.32 Å². The van der Waals surface area contributed by atoms with E-state index in [0.29, 0.717) is 12.4 Å². The number of carbonyl (C=O) groups excluding carboxylic acids is 1. The van der Waals surface area contributed by atoms with Crippen molar-refractivity contribution in [2.24, 2.45) is 0 Å². The Morgan fingerprint density at radius 2 is 2.00 bits per heavy atom. The SMILES string of the molecule is Cc1cc(C)cc(C2(C(=O)NCc3cccnc3-n3cncn3)CC2)c1. The highest BCUT2D eigenvalue weighted by atomic mass is 16.2. The van der Waals surface area contributed by atoms with E-state index >= 15 is 0 Å². The van der Waals surface area contributed by atoms with Crippen molar-refractivity contribution < 1.29 is 4.79 Å². The Morgan fingerprint density at radius 1 is 1.23 bits per heavy atom. The second-order valence-corrected chi connectivity index (χ2v) is 6.97. The van der Waals surface area contributed by atoms with Crippen LogP contribution in [-0.2, 0) is 16.8 Å². The molecule has 0 spiro atoms. The van der Waals surface area contributed by atoms with E-state index in [9.17, 15) is 4.79 Å². The molecule has 1 saturated carbocycles. The second kappa shape index (κ2) is 6.37. The van der Waals surface area contributed by atoms with E-state index in [1.165, 1.54) is 17.5 Å². The first kappa shape index (κ1) is 16.4.